The van der Waals surface area contributed by atoms with Crippen molar-refractivity contribution >= 4 is 38.9 Å². The van der Waals surface area contributed by atoms with E-state index in [1.54, 1.807) is 41.3 Å². The van der Waals surface area contributed by atoms with Crippen LogP contribution in [0.2, 0.25) is 10.0 Å². The maximum absolute atomic E-state index is 13.2. The maximum Gasteiger partial charge on any atom is 0.227 e. The summed E-state index contributed by atoms with van der Waals surface area (Å²) in [6.45, 7) is 0.202. The second-order valence-electron chi connectivity index (χ2n) is 7.66. The molecule has 3 aromatic rings. The second kappa shape index (κ2) is 9.07. The number of sulfone groups is 1. The lowest BCUT2D eigenvalue weighted by Gasteiger charge is -2.27. The van der Waals surface area contributed by atoms with Crippen LogP contribution in [0.1, 0.15) is 17.7 Å². The number of halogens is 2. The molecule has 8 heteroatoms. The molecule has 1 atom stereocenters. The van der Waals surface area contributed by atoms with E-state index < -0.39 is 9.84 Å². The largest absolute Gasteiger partial charge is 0.459 e. The van der Waals surface area contributed by atoms with Crippen LogP contribution in [0.25, 0.3) is 11.3 Å². The summed E-state index contributed by atoms with van der Waals surface area (Å²) >= 11 is 12.0. The van der Waals surface area contributed by atoms with Crippen molar-refractivity contribution in [3.05, 3.63) is 82.0 Å². The van der Waals surface area contributed by atoms with Crippen LogP contribution in [0, 0.1) is 0 Å². The lowest BCUT2D eigenvalue weighted by atomic mass is 10.1. The molecule has 2 aromatic carbocycles. The molecular formula is C23H21Cl2NO4S. The first kappa shape index (κ1) is 21.9. The lowest BCUT2D eigenvalue weighted by Crippen LogP contribution is -2.41. The Labute approximate surface area is 191 Å². The number of hydrogen-bond donors (Lipinski definition) is 0. The van der Waals surface area contributed by atoms with Gasteiger partial charge in [-0.15, -0.1) is 0 Å². The molecule has 1 aliphatic heterocycles. The van der Waals surface area contributed by atoms with Gasteiger partial charge in [0.05, 0.1) is 24.5 Å². The number of amides is 1. The highest BCUT2D eigenvalue weighted by molar-refractivity contribution is 7.91. The van der Waals surface area contributed by atoms with Gasteiger partial charge in [0.2, 0.25) is 5.91 Å². The van der Waals surface area contributed by atoms with Crippen LogP contribution in [0.15, 0.2) is 65.1 Å². The summed E-state index contributed by atoms with van der Waals surface area (Å²) < 4.78 is 30.1. The second-order valence-corrected chi connectivity index (χ2v) is 10.8. The van der Waals surface area contributed by atoms with Crippen LogP contribution in [0.3, 0.4) is 0 Å². The van der Waals surface area contributed by atoms with E-state index in [9.17, 15) is 13.2 Å². The molecule has 4 rings (SSSR count). The smallest absolute Gasteiger partial charge is 0.227 e. The number of hydrogen-bond acceptors (Lipinski definition) is 4. The summed E-state index contributed by atoms with van der Waals surface area (Å²) in [6, 6.07) is 17.6. The first-order chi connectivity index (χ1) is 14.8. The van der Waals surface area contributed by atoms with E-state index in [2.05, 4.69) is 0 Å². The fourth-order valence-electron chi connectivity index (χ4n) is 3.75. The van der Waals surface area contributed by atoms with Gasteiger partial charge in [-0.2, -0.15) is 0 Å². The highest BCUT2D eigenvalue weighted by Crippen LogP contribution is 2.27. The molecule has 0 bridgehead atoms. The Morgan fingerprint density at radius 3 is 2.48 bits per heavy atom. The Hall–Kier alpha value is -2.28. The molecular weight excluding hydrogens is 457 g/mol. The summed E-state index contributed by atoms with van der Waals surface area (Å²) in [6.07, 6.45) is 0.589. The highest BCUT2D eigenvalue weighted by atomic mass is 35.5. The topological polar surface area (TPSA) is 67.6 Å². The summed E-state index contributed by atoms with van der Waals surface area (Å²) in [5.74, 6) is 1.14. The van der Waals surface area contributed by atoms with Crippen LogP contribution in [0.5, 0.6) is 0 Å². The molecule has 1 saturated heterocycles. The minimum Gasteiger partial charge on any atom is -0.459 e. The van der Waals surface area contributed by atoms with Gasteiger partial charge in [-0.05, 0) is 48.4 Å². The molecule has 31 heavy (non-hydrogen) atoms. The van der Waals surface area contributed by atoms with Crippen LogP contribution in [-0.2, 0) is 27.6 Å². The van der Waals surface area contributed by atoms with Crippen molar-refractivity contribution in [3.8, 4) is 11.3 Å². The van der Waals surface area contributed by atoms with E-state index in [1.165, 1.54) is 0 Å². The Bertz CT molecular complexity index is 1190. The lowest BCUT2D eigenvalue weighted by molar-refractivity contribution is -0.133. The zero-order valence-electron chi connectivity index (χ0n) is 16.6. The van der Waals surface area contributed by atoms with Crippen molar-refractivity contribution in [2.75, 3.05) is 11.5 Å². The predicted octanol–water partition coefficient (Wildman–Crippen LogP) is 5.01. The molecule has 1 aromatic heterocycles. The van der Waals surface area contributed by atoms with E-state index in [0.29, 0.717) is 28.0 Å². The molecule has 162 valence electrons. The zero-order valence-corrected chi connectivity index (χ0v) is 19.0. The van der Waals surface area contributed by atoms with Crippen LogP contribution in [-0.4, -0.2) is 36.8 Å². The average molecular weight is 478 g/mol. The molecule has 0 saturated carbocycles. The monoisotopic (exact) mass is 477 g/mol. The molecule has 0 spiro atoms. The zero-order chi connectivity index (χ0) is 22.0. The number of rotatable bonds is 6. The summed E-state index contributed by atoms with van der Waals surface area (Å²) in [4.78, 5) is 14.8. The third-order valence-corrected chi connectivity index (χ3v) is 7.57. The maximum atomic E-state index is 13.2. The van der Waals surface area contributed by atoms with Gasteiger partial charge >= 0.3 is 0 Å². The molecule has 0 N–H and O–H groups in total. The summed E-state index contributed by atoms with van der Waals surface area (Å²) in [7, 11) is -3.14. The minimum atomic E-state index is -3.14. The Morgan fingerprint density at radius 2 is 1.81 bits per heavy atom. The van der Waals surface area contributed by atoms with Crippen molar-refractivity contribution in [2.45, 2.75) is 25.4 Å². The van der Waals surface area contributed by atoms with Crippen LogP contribution in [0.4, 0.5) is 0 Å². The van der Waals surface area contributed by atoms with E-state index in [0.717, 1.165) is 11.1 Å². The van der Waals surface area contributed by atoms with E-state index in [4.69, 9.17) is 27.6 Å². The fourth-order valence-corrected chi connectivity index (χ4v) is 5.80. The number of carbonyl (C=O) groups excluding carboxylic acids is 1. The number of carbonyl (C=O) groups is 1. The van der Waals surface area contributed by atoms with Crippen molar-refractivity contribution < 1.29 is 17.6 Å². The van der Waals surface area contributed by atoms with Crippen molar-refractivity contribution in [2.24, 2.45) is 0 Å². The molecule has 0 radical (unpaired) electrons. The third-order valence-electron chi connectivity index (χ3n) is 5.34. The van der Waals surface area contributed by atoms with Crippen LogP contribution < -0.4 is 0 Å². The van der Waals surface area contributed by atoms with Crippen molar-refractivity contribution in [1.29, 1.82) is 0 Å². The fraction of sp³-hybridized carbons (Fsp3) is 0.261. The first-order valence-corrected chi connectivity index (χ1v) is 12.5. The quantitative estimate of drug-likeness (QED) is 0.500. The molecule has 0 aliphatic carbocycles. The number of benzene rings is 2. The van der Waals surface area contributed by atoms with Crippen molar-refractivity contribution in [3.63, 3.8) is 0 Å². The molecule has 1 amide bonds. The molecule has 2 heterocycles. The predicted molar refractivity (Wildman–Crippen MR) is 122 cm³/mol. The van der Waals surface area contributed by atoms with E-state index in [-0.39, 0.29) is 36.4 Å². The summed E-state index contributed by atoms with van der Waals surface area (Å²) in [5, 5.41) is 1.20. The highest BCUT2D eigenvalue weighted by Gasteiger charge is 2.35. The van der Waals surface area contributed by atoms with E-state index in [1.807, 2.05) is 24.3 Å². The standard InChI is InChI=1S/C23H21Cl2NO4S/c24-18-6-4-16(5-7-18)12-23(27)26(20-10-11-31(28,29)15-20)14-21-8-9-22(30-21)17-2-1-3-19(25)13-17/h1-9,13,20H,10-12,14-15H2/t20-/m0/s1. The molecule has 1 aliphatic rings. The summed E-state index contributed by atoms with van der Waals surface area (Å²) in [5.41, 5.74) is 1.65. The SMILES string of the molecule is O=C(Cc1ccc(Cl)cc1)N(Cc1ccc(-c2cccc(Cl)c2)o1)[C@H]1CCS(=O)(=O)C1. The van der Waals surface area contributed by atoms with Crippen LogP contribution >= 0.6 is 23.2 Å². The molecule has 0 unspecified atom stereocenters. The Balaban J connectivity index is 1.56. The normalized spacial score (nSPS) is 17.5. The third kappa shape index (κ3) is 5.50. The van der Waals surface area contributed by atoms with Gasteiger partial charge in [0.25, 0.3) is 0 Å². The van der Waals surface area contributed by atoms with Crippen molar-refractivity contribution in [1.82, 2.24) is 4.90 Å². The number of nitrogens with zero attached hydrogens (tertiary/aromatic N) is 1. The van der Waals surface area contributed by atoms with Gasteiger partial charge in [0, 0.05) is 21.7 Å². The van der Waals surface area contributed by atoms with Gasteiger partial charge in [-0.1, -0.05) is 47.5 Å². The van der Waals surface area contributed by atoms with E-state index >= 15 is 0 Å². The Morgan fingerprint density at radius 1 is 1.03 bits per heavy atom. The first-order valence-electron chi connectivity index (χ1n) is 9.88. The Kier molecular flexibility index (Phi) is 6.42. The van der Waals surface area contributed by atoms with Gasteiger partial charge in [0.15, 0.2) is 9.84 Å². The minimum absolute atomic E-state index is 0.0266. The van der Waals surface area contributed by atoms with Gasteiger partial charge in [0.1, 0.15) is 11.5 Å². The van der Waals surface area contributed by atoms with Gasteiger partial charge in [-0.25, -0.2) is 8.42 Å². The van der Waals surface area contributed by atoms with Gasteiger partial charge < -0.3 is 9.32 Å². The molecule has 1 fully saturated rings. The molecule has 5 nitrogen and oxygen atoms in total. The average Bonchev–Trinajstić information content (AvgIpc) is 3.34. The number of furan rings is 1. The van der Waals surface area contributed by atoms with Gasteiger partial charge in [-0.3, -0.25) is 4.79 Å².